The lowest BCUT2D eigenvalue weighted by Crippen LogP contribution is -2.19. The first kappa shape index (κ1) is 16.6. The number of hydrogen-bond donors (Lipinski definition) is 1. The van der Waals surface area contributed by atoms with Crippen LogP contribution in [0.4, 0.5) is 0 Å². The average molecular weight is 320 g/mol. The van der Waals surface area contributed by atoms with Crippen molar-refractivity contribution in [3.05, 3.63) is 29.3 Å². The lowest BCUT2D eigenvalue weighted by atomic mass is 10.1. The highest BCUT2D eigenvalue weighted by Crippen LogP contribution is 2.17. The Bertz CT molecular complexity index is 716. The molecule has 0 aliphatic heterocycles. The summed E-state index contributed by atoms with van der Waals surface area (Å²) >= 11 is 0. The van der Waals surface area contributed by atoms with E-state index in [1.807, 2.05) is 0 Å². The Morgan fingerprint density at radius 1 is 1.15 bits per heavy atom. The molecule has 0 radical (unpaired) electrons. The van der Waals surface area contributed by atoms with E-state index >= 15 is 0 Å². The van der Waals surface area contributed by atoms with Crippen molar-refractivity contribution < 1.29 is 26.7 Å². The lowest BCUT2D eigenvalue weighted by molar-refractivity contribution is 0.0696. The Morgan fingerprint density at radius 2 is 1.75 bits per heavy atom. The monoisotopic (exact) mass is 320 g/mol. The Labute approximate surface area is 118 Å². The van der Waals surface area contributed by atoms with Crippen molar-refractivity contribution in [2.45, 2.75) is 18.7 Å². The zero-order valence-corrected chi connectivity index (χ0v) is 12.8. The van der Waals surface area contributed by atoms with Gasteiger partial charge in [0.1, 0.15) is 0 Å². The molecule has 0 amide bonds. The Hall–Kier alpha value is -1.41. The van der Waals surface area contributed by atoms with Crippen LogP contribution in [0.25, 0.3) is 0 Å². The Balaban J connectivity index is 3.11. The van der Waals surface area contributed by atoms with Crippen molar-refractivity contribution in [3.63, 3.8) is 0 Å². The van der Waals surface area contributed by atoms with E-state index in [9.17, 15) is 21.6 Å². The fourth-order valence-corrected chi connectivity index (χ4v) is 4.51. The normalized spacial score (nSPS) is 12.3. The van der Waals surface area contributed by atoms with Crippen molar-refractivity contribution >= 4 is 25.6 Å². The molecule has 0 saturated carbocycles. The van der Waals surface area contributed by atoms with E-state index in [-0.39, 0.29) is 16.2 Å². The van der Waals surface area contributed by atoms with Crippen LogP contribution >= 0.6 is 0 Å². The predicted octanol–water partition coefficient (Wildman–Crippen LogP) is 0.902. The molecule has 0 unspecified atom stereocenters. The van der Waals surface area contributed by atoms with Gasteiger partial charge in [-0.05, 0) is 24.6 Å². The summed E-state index contributed by atoms with van der Waals surface area (Å²) in [6.45, 7) is 3.00. The van der Waals surface area contributed by atoms with Crippen molar-refractivity contribution in [3.8, 4) is 0 Å². The van der Waals surface area contributed by atoms with Gasteiger partial charge in [0.2, 0.25) is 0 Å². The van der Waals surface area contributed by atoms with E-state index in [1.165, 1.54) is 19.1 Å². The number of hydrogen-bond acceptors (Lipinski definition) is 5. The number of rotatable bonds is 6. The molecule has 0 heterocycles. The summed E-state index contributed by atoms with van der Waals surface area (Å²) < 4.78 is 46.7. The van der Waals surface area contributed by atoms with Crippen LogP contribution in [0, 0.1) is 6.92 Å². The number of aromatic carboxylic acids is 1. The van der Waals surface area contributed by atoms with Crippen LogP contribution in [0.1, 0.15) is 22.8 Å². The Morgan fingerprint density at radius 3 is 2.25 bits per heavy atom. The lowest BCUT2D eigenvalue weighted by Gasteiger charge is -2.07. The number of carboxylic acid groups (broad SMARTS) is 1. The molecular formula is C12H16O6S2. The zero-order chi connectivity index (χ0) is 15.6. The van der Waals surface area contributed by atoms with Crippen LogP contribution in [0.15, 0.2) is 23.1 Å². The molecule has 1 rings (SSSR count). The molecule has 0 aliphatic rings. The second kappa shape index (κ2) is 5.92. The standard InChI is InChI=1S/C12H16O6S2/c1-3-19(15,16)6-7-20(17,18)10-5-4-9(2)11(8-10)12(13)14/h4-5,8H,3,6-7H2,1-2H3,(H,13,14). The molecule has 1 aromatic carbocycles. The van der Waals surface area contributed by atoms with Gasteiger partial charge in [-0.2, -0.15) is 0 Å². The number of aryl methyl sites for hydroxylation is 1. The van der Waals surface area contributed by atoms with E-state index in [0.717, 1.165) is 6.07 Å². The van der Waals surface area contributed by atoms with Crippen LogP contribution in [0.2, 0.25) is 0 Å². The third-order valence-electron chi connectivity index (χ3n) is 2.90. The third kappa shape index (κ3) is 4.04. The molecule has 20 heavy (non-hydrogen) atoms. The third-order valence-corrected chi connectivity index (χ3v) is 6.58. The van der Waals surface area contributed by atoms with E-state index < -0.39 is 37.1 Å². The van der Waals surface area contributed by atoms with Crippen LogP contribution < -0.4 is 0 Å². The predicted molar refractivity (Wildman–Crippen MR) is 74.5 cm³/mol. The number of carboxylic acids is 1. The molecule has 6 nitrogen and oxygen atoms in total. The van der Waals surface area contributed by atoms with E-state index in [1.54, 1.807) is 6.92 Å². The summed E-state index contributed by atoms with van der Waals surface area (Å²) in [6.07, 6.45) is 0. The van der Waals surface area contributed by atoms with Crippen LogP contribution in [-0.2, 0) is 19.7 Å². The minimum absolute atomic E-state index is 0.107. The second-order valence-electron chi connectivity index (χ2n) is 4.34. The van der Waals surface area contributed by atoms with Gasteiger partial charge in [0.25, 0.3) is 0 Å². The molecule has 112 valence electrons. The summed E-state index contributed by atoms with van der Waals surface area (Å²) in [5, 5.41) is 8.96. The van der Waals surface area contributed by atoms with E-state index in [2.05, 4.69) is 0 Å². The molecule has 1 aromatic rings. The van der Waals surface area contributed by atoms with Gasteiger partial charge in [0.15, 0.2) is 19.7 Å². The summed E-state index contributed by atoms with van der Waals surface area (Å²) in [4.78, 5) is 10.8. The van der Waals surface area contributed by atoms with Gasteiger partial charge in [-0.1, -0.05) is 13.0 Å². The summed E-state index contributed by atoms with van der Waals surface area (Å²) in [5.74, 6) is -2.37. The molecule has 0 bridgehead atoms. The van der Waals surface area contributed by atoms with Gasteiger partial charge in [-0.25, -0.2) is 21.6 Å². The molecule has 0 atom stereocenters. The quantitative estimate of drug-likeness (QED) is 0.835. The summed E-state index contributed by atoms with van der Waals surface area (Å²) in [5.41, 5.74) is 0.335. The van der Waals surface area contributed by atoms with Gasteiger partial charge in [0, 0.05) is 5.75 Å². The average Bonchev–Trinajstić information content (AvgIpc) is 2.36. The van der Waals surface area contributed by atoms with Crippen LogP contribution in [0.3, 0.4) is 0 Å². The van der Waals surface area contributed by atoms with Gasteiger partial charge >= 0.3 is 5.97 Å². The van der Waals surface area contributed by atoms with Gasteiger partial charge < -0.3 is 5.11 Å². The molecule has 0 fully saturated rings. The van der Waals surface area contributed by atoms with Crippen LogP contribution in [0.5, 0.6) is 0 Å². The van der Waals surface area contributed by atoms with Gasteiger partial charge in [-0.3, -0.25) is 0 Å². The molecule has 0 saturated heterocycles. The first-order valence-electron chi connectivity index (χ1n) is 5.86. The highest BCUT2D eigenvalue weighted by molar-refractivity contribution is 7.95. The summed E-state index contributed by atoms with van der Waals surface area (Å²) in [6, 6.07) is 3.74. The van der Waals surface area contributed by atoms with E-state index in [0.29, 0.717) is 5.56 Å². The van der Waals surface area contributed by atoms with Crippen molar-refractivity contribution in [2.24, 2.45) is 0 Å². The van der Waals surface area contributed by atoms with Crippen molar-refractivity contribution in [1.82, 2.24) is 0 Å². The fraction of sp³-hybridized carbons (Fsp3) is 0.417. The minimum atomic E-state index is -3.82. The molecular weight excluding hydrogens is 304 g/mol. The molecule has 1 N–H and O–H groups in total. The molecule has 8 heteroatoms. The molecule has 0 spiro atoms. The highest BCUT2D eigenvalue weighted by atomic mass is 32.2. The SMILES string of the molecule is CCS(=O)(=O)CCS(=O)(=O)c1ccc(C)c(C(=O)O)c1. The largest absolute Gasteiger partial charge is 0.478 e. The smallest absolute Gasteiger partial charge is 0.335 e. The Kier molecular flexibility index (Phi) is 4.93. The topological polar surface area (TPSA) is 106 Å². The van der Waals surface area contributed by atoms with E-state index in [4.69, 9.17) is 5.11 Å². The maximum atomic E-state index is 12.0. The fourth-order valence-electron chi connectivity index (χ4n) is 1.52. The number of carbonyl (C=O) groups is 1. The molecule has 0 aromatic heterocycles. The maximum Gasteiger partial charge on any atom is 0.335 e. The first-order valence-corrected chi connectivity index (χ1v) is 9.33. The minimum Gasteiger partial charge on any atom is -0.478 e. The van der Waals surface area contributed by atoms with Gasteiger partial charge in [-0.15, -0.1) is 0 Å². The van der Waals surface area contributed by atoms with Gasteiger partial charge in [0.05, 0.1) is 22.0 Å². The number of sulfone groups is 2. The maximum absolute atomic E-state index is 12.0. The van der Waals surface area contributed by atoms with Crippen molar-refractivity contribution in [2.75, 3.05) is 17.3 Å². The molecule has 0 aliphatic carbocycles. The zero-order valence-electron chi connectivity index (χ0n) is 11.2. The highest BCUT2D eigenvalue weighted by Gasteiger charge is 2.20. The second-order valence-corrected chi connectivity index (χ2v) is 8.92. The first-order chi connectivity index (χ1) is 9.09. The van der Waals surface area contributed by atoms with Crippen molar-refractivity contribution in [1.29, 1.82) is 0 Å². The van der Waals surface area contributed by atoms with Crippen LogP contribution in [-0.4, -0.2) is 45.2 Å². The number of benzene rings is 1. The summed E-state index contributed by atoms with van der Waals surface area (Å²) in [7, 11) is -7.21.